The monoisotopic (exact) mass is 240 g/mol. The Hall–Kier alpha value is 1.34. The first-order valence-corrected chi connectivity index (χ1v) is 9.50. The fourth-order valence-electron chi connectivity index (χ4n) is 0.0454. The SMILES string of the molecule is O=S(=S)=S(=S)=S(=S)=S. The minimum absolute atomic E-state index is 0.785. The molecule has 0 aromatic heterocycles. The van der Waals surface area contributed by atoms with Crippen molar-refractivity contribution in [3.63, 3.8) is 0 Å². The van der Waals surface area contributed by atoms with E-state index < -0.39 is 21.1 Å². The molecule has 0 aliphatic rings. The summed E-state index contributed by atoms with van der Waals surface area (Å²) in [5.41, 5.74) is 0. The maximum atomic E-state index is 10.3. The molecule has 48 valence electrons. The number of hydrogen-bond acceptors (Lipinski definition) is 5. The standard InChI is InChI=1S/OS7/c1-6(2)8(5)7(3)4. The molecule has 0 aliphatic carbocycles. The van der Waals surface area contributed by atoms with E-state index in [2.05, 4.69) is 44.8 Å². The second kappa shape index (κ2) is 4.20. The van der Waals surface area contributed by atoms with E-state index in [1.54, 1.807) is 0 Å². The summed E-state index contributed by atoms with van der Waals surface area (Å²) in [6.45, 7) is -1.63. The maximum Gasteiger partial charge on any atom is 0.142 e. The number of hydrogen-bond donors (Lipinski definition) is 0. The van der Waals surface area contributed by atoms with Gasteiger partial charge in [0.1, 0.15) is 7.92 Å². The van der Waals surface area contributed by atoms with Crippen LogP contribution in [-0.4, -0.2) is 4.21 Å². The van der Waals surface area contributed by atoms with Crippen molar-refractivity contribution in [3.05, 3.63) is 0 Å². The van der Waals surface area contributed by atoms with Crippen LogP contribution in [0.3, 0.4) is 0 Å². The van der Waals surface area contributed by atoms with E-state index in [0.717, 1.165) is 0 Å². The minimum Gasteiger partial charge on any atom is -0.202 e. The van der Waals surface area contributed by atoms with E-state index in [1.807, 2.05) is 0 Å². The summed E-state index contributed by atoms with van der Waals surface area (Å²) in [7, 11) is -1.41. The van der Waals surface area contributed by atoms with E-state index in [1.165, 1.54) is 0 Å². The fourth-order valence-corrected chi connectivity index (χ4v) is 7.35. The van der Waals surface area contributed by atoms with Crippen LogP contribution in [0.25, 0.3) is 0 Å². The summed E-state index contributed by atoms with van der Waals surface area (Å²) >= 11 is 18.1. The molecular formula is OS7. The lowest BCUT2D eigenvalue weighted by Gasteiger charge is -1.48. The highest BCUT2D eigenvalue weighted by Gasteiger charge is 1.55. The van der Waals surface area contributed by atoms with E-state index in [9.17, 15) is 4.21 Å². The molecular weight excluding hydrogens is 240 g/mol. The van der Waals surface area contributed by atoms with Crippen molar-refractivity contribution in [3.8, 4) is 0 Å². The highest BCUT2D eigenvalue weighted by Crippen LogP contribution is 1.50. The Labute approximate surface area is 69.3 Å². The predicted octanol–water partition coefficient (Wildman–Crippen LogP) is -0.351. The topological polar surface area (TPSA) is 17.1 Å². The summed E-state index contributed by atoms with van der Waals surface area (Å²) in [6.07, 6.45) is 0. The third kappa shape index (κ3) is 3.38. The van der Waals surface area contributed by atoms with Crippen LogP contribution in [-0.2, 0) is 65.8 Å². The lowest BCUT2D eigenvalue weighted by Crippen LogP contribution is -1.53. The zero-order valence-electron chi connectivity index (χ0n) is 3.27. The Bertz CT molecular complexity index is 341. The molecule has 0 atom stereocenters. The van der Waals surface area contributed by atoms with Crippen molar-refractivity contribution >= 4 is 65.8 Å². The van der Waals surface area contributed by atoms with Gasteiger partial charge in [0.05, 0.1) is 0 Å². The van der Waals surface area contributed by atoms with Crippen molar-refractivity contribution in [2.75, 3.05) is 0 Å². The minimum atomic E-state index is -1.41. The molecule has 1 nitrogen and oxygen atoms in total. The summed E-state index contributed by atoms with van der Waals surface area (Å²) in [5, 5.41) is 0. The molecule has 0 aliphatic heterocycles. The van der Waals surface area contributed by atoms with Crippen molar-refractivity contribution in [1.29, 1.82) is 0 Å². The van der Waals surface area contributed by atoms with Crippen LogP contribution in [0.2, 0.25) is 0 Å². The summed E-state index contributed by atoms with van der Waals surface area (Å²) in [5.74, 6) is 0. The maximum absolute atomic E-state index is 10.3. The van der Waals surface area contributed by atoms with Crippen LogP contribution >= 0.6 is 0 Å². The van der Waals surface area contributed by atoms with Gasteiger partial charge in [0.15, 0.2) is 0 Å². The first-order chi connectivity index (χ1) is 3.55. The first kappa shape index (κ1) is 9.34. The van der Waals surface area contributed by atoms with Crippen LogP contribution in [0.4, 0.5) is 0 Å². The second-order valence-corrected chi connectivity index (χ2v) is 14.1. The van der Waals surface area contributed by atoms with Crippen molar-refractivity contribution in [2.24, 2.45) is 0 Å². The van der Waals surface area contributed by atoms with E-state index in [-0.39, 0.29) is 0 Å². The van der Waals surface area contributed by atoms with E-state index in [0.29, 0.717) is 0 Å². The third-order valence-corrected chi connectivity index (χ3v) is 15.0. The molecule has 0 aromatic carbocycles. The molecule has 0 saturated carbocycles. The van der Waals surface area contributed by atoms with Crippen LogP contribution < -0.4 is 0 Å². The Morgan fingerprint density at radius 1 is 1.00 bits per heavy atom. The molecule has 0 radical (unpaired) electrons. The van der Waals surface area contributed by atoms with Crippen molar-refractivity contribution in [1.82, 2.24) is 0 Å². The zero-order chi connectivity index (χ0) is 6.73. The first-order valence-electron chi connectivity index (χ1n) is 1.17. The summed E-state index contributed by atoms with van der Waals surface area (Å²) in [6, 6.07) is 0. The Morgan fingerprint density at radius 3 is 1.38 bits per heavy atom. The summed E-state index contributed by atoms with van der Waals surface area (Å²) in [4.78, 5) is 0. The van der Waals surface area contributed by atoms with Gasteiger partial charge in [-0.15, -0.1) is 0 Å². The molecule has 0 aromatic rings. The van der Waals surface area contributed by atoms with Gasteiger partial charge in [-0.1, -0.05) is 0 Å². The highest BCUT2D eigenvalue weighted by molar-refractivity contribution is 8.83. The molecule has 8 heteroatoms. The van der Waals surface area contributed by atoms with Crippen LogP contribution in [0, 0.1) is 0 Å². The van der Waals surface area contributed by atoms with Gasteiger partial charge in [-0.3, -0.25) is 0 Å². The molecule has 0 bridgehead atoms. The molecule has 0 heterocycles. The molecule has 0 rings (SSSR count). The predicted molar refractivity (Wildman–Crippen MR) is 52.3 cm³/mol. The molecule has 8 heavy (non-hydrogen) atoms. The largest absolute Gasteiger partial charge is 0.202 e. The molecule has 0 spiro atoms. The lowest BCUT2D eigenvalue weighted by molar-refractivity contribution is 0.701. The lowest BCUT2D eigenvalue weighted by atomic mass is 16.0. The normalized spacial score (nSPS) is 8.00. The van der Waals surface area contributed by atoms with Gasteiger partial charge in [-0.05, 0) is 0 Å². The van der Waals surface area contributed by atoms with Crippen molar-refractivity contribution < 1.29 is 4.21 Å². The quantitative estimate of drug-likeness (QED) is 0.574. The Morgan fingerprint density at radius 2 is 1.38 bits per heavy atom. The zero-order valence-corrected chi connectivity index (χ0v) is 8.98. The summed E-state index contributed by atoms with van der Waals surface area (Å²) < 4.78 is 10.3. The van der Waals surface area contributed by atoms with E-state index >= 15 is 0 Å². The van der Waals surface area contributed by atoms with Crippen LogP contribution in [0.15, 0.2) is 0 Å². The molecule has 0 N–H and O–H groups in total. The number of rotatable bonds is 0. The van der Waals surface area contributed by atoms with Crippen LogP contribution in [0.1, 0.15) is 0 Å². The molecule has 0 unspecified atom stereocenters. The van der Waals surface area contributed by atoms with Gasteiger partial charge in [-0.25, -0.2) is 4.21 Å². The van der Waals surface area contributed by atoms with Gasteiger partial charge in [0, 0.05) is 57.9 Å². The Balaban J connectivity index is 6.93. The van der Waals surface area contributed by atoms with Crippen LogP contribution in [0.5, 0.6) is 0 Å². The Kier molecular flexibility index (Phi) is 4.91. The smallest absolute Gasteiger partial charge is 0.142 e. The van der Waals surface area contributed by atoms with Gasteiger partial charge in [0.25, 0.3) is 0 Å². The van der Waals surface area contributed by atoms with E-state index in [4.69, 9.17) is 0 Å². The van der Waals surface area contributed by atoms with Crippen molar-refractivity contribution in [2.45, 2.75) is 0 Å². The van der Waals surface area contributed by atoms with Gasteiger partial charge < -0.3 is 0 Å². The average Bonchev–Trinajstić information content (AvgIpc) is 1.64. The van der Waals surface area contributed by atoms with Gasteiger partial charge in [-0.2, -0.15) is 0 Å². The molecule has 0 fully saturated rings. The average molecular weight is 240 g/mol. The molecule has 0 saturated heterocycles. The fraction of sp³-hybridized carbons (Fsp3) is 0. The van der Waals surface area contributed by atoms with Gasteiger partial charge >= 0.3 is 0 Å². The second-order valence-electron chi connectivity index (χ2n) is 0.612. The van der Waals surface area contributed by atoms with Gasteiger partial charge in [0.2, 0.25) is 0 Å². The molecule has 0 amide bonds. The highest BCUT2D eigenvalue weighted by atomic mass is 33.5. The third-order valence-electron chi connectivity index (χ3n) is 0.222.